The summed E-state index contributed by atoms with van der Waals surface area (Å²) < 4.78 is 6.62. The zero-order valence-corrected chi connectivity index (χ0v) is 25.2. The Bertz CT molecular complexity index is 1830. The van der Waals surface area contributed by atoms with E-state index in [4.69, 9.17) is 4.74 Å². The number of carbonyl (C=O) groups excluding carboxylic acids is 2. The second-order valence-electron chi connectivity index (χ2n) is 11.4. The van der Waals surface area contributed by atoms with Crippen LogP contribution in [0.15, 0.2) is 108 Å². The SMILES string of the molecule is COc1cccn(-c2ccc3c(c2)[C@@](O)([C@H](C)/C=C/CC(=O)N2Cc4ccccc4C[C@H]2CO)C(=O)N3c2ccccc2)c1=O. The summed E-state index contributed by atoms with van der Waals surface area (Å²) >= 11 is 0. The smallest absolute Gasteiger partial charge is 0.297 e. The predicted octanol–water partition coefficient (Wildman–Crippen LogP) is 4.24. The number of fused-ring (bicyclic) bond motifs is 2. The van der Waals surface area contributed by atoms with Gasteiger partial charge in [-0.2, -0.15) is 0 Å². The van der Waals surface area contributed by atoms with Gasteiger partial charge in [-0.25, -0.2) is 0 Å². The largest absolute Gasteiger partial charge is 0.491 e. The number of hydrogen-bond donors (Lipinski definition) is 2. The van der Waals surface area contributed by atoms with Gasteiger partial charge in [0.2, 0.25) is 5.91 Å². The molecule has 45 heavy (non-hydrogen) atoms. The molecule has 0 unspecified atom stereocenters. The third-order valence-electron chi connectivity index (χ3n) is 8.85. The van der Waals surface area contributed by atoms with Crippen molar-refractivity contribution >= 4 is 23.2 Å². The molecule has 3 heterocycles. The fourth-order valence-corrected chi connectivity index (χ4v) is 6.35. The number of para-hydroxylation sites is 1. The molecule has 0 saturated carbocycles. The number of carbonyl (C=O) groups is 2. The van der Waals surface area contributed by atoms with Crippen molar-refractivity contribution < 1.29 is 24.5 Å². The fraction of sp³-hybridized carbons (Fsp3) is 0.250. The lowest BCUT2D eigenvalue weighted by Crippen LogP contribution is -2.46. The number of benzene rings is 3. The van der Waals surface area contributed by atoms with E-state index in [-0.39, 0.29) is 36.3 Å². The molecule has 2 aliphatic heterocycles. The van der Waals surface area contributed by atoms with Crippen LogP contribution in [0.2, 0.25) is 0 Å². The van der Waals surface area contributed by atoms with Crippen molar-refractivity contribution in [1.29, 1.82) is 0 Å². The third-order valence-corrected chi connectivity index (χ3v) is 8.85. The van der Waals surface area contributed by atoms with Crippen LogP contribution in [0.25, 0.3) is 5.69 Å². The first kappa shape index (κ1) is 30.1. The van der Waals surface area contributed by atoms with Crippen LogP contribution < -0.4 is 15.2 Å². The number of ether oxygens (including phenoxy) is 1. The van der Waals surface area contributed by atoms with E-state index < -0.39 is 17.4 Å². The van der Waals surface area contributed by atoms with E-state index >= 15 is 0 Å². The zero-order chi connectivity index (χ0) is 31.7. The normalized spacial score (nSPS) is 19.8. The molecule has 3 atom stereocenters. The third kappa shape index (κ3) is 5.24. The van der Waals surface area contributed by atoms with Crippen molar-refractivity contribution in [1.82, 2.24) is 9.47 Å². The molecule has 0 aliphatic carbocycles. The Morgan fingerprint density at radius 3 is 2.47 bits per heavy atom. The molecule has 0 fully saturated rings. The van der Waals surface area contributed by atoms with Crippen LogP contribution in [0.5, 0.6) is 5.75 Å². The van der Waals surface area contributed by atoms with E-state index in [9.17, 15) is 24.6 Å². The van der Waals surface area contributed by atoms with Gasteiger partial charge in [-0.1, -0.05) is 61.5 Å². The van der Waals surface area contributed by atoms with Gasteiger partial charge < -0.3 is 19.8 Å². The fourth-order valence-electron chi connectivity index (χ4n) is 6.35. The Morgan fingerprint density at radius 1 is 1.00 bits per heavy atom. The number of anilines is 2. The van der Waals surface area contributed by atoms with Crippen LogP contribution in [0, 0.1) is 5.92 Å². The minimum Gasteiger partial charge on any atom is -0.491 e. The summed E-state index contributed by atoms with van der Waals surface area (Å²) in [7, 11) is 1.42. The van der Waals surface area contributed by atoms with Gasteiger partial charge in [-0.3, -0.25) is 23.9 Å². The van der Waals surface area contributed by atoms with Gasteiger partial charge in [0.25, 0.3) is 11.5 Å². The molecular weight excluding hydrogens is 570 g/mol. The van der Waals surface area contributed by atoms with E-state index in [0.717, 1.165) is 11.1 Å². The van der Waals surface area contributed by atoms with Gasteiger partial charge in [0, 0.05) is 42.0 Å². The average Bonchev–Trinajstić information content (AvgIpc) is 3.30. The lowest BCUT2D eigenvalue weighted by Gasteiger charge is -2.36. The monoisotopic (exact) mass is 605 g/mol. The van der Waals surface area contributed by atoms with Crippen molar-refractivity contribution in [2.24, 2.45) is 5.92 Å². The maximum absolute atomic E-state index is 14.1. The highest BCUT2D eigenvalue weighted by Gasteiger charge is 2.53. The summed E-state index contributed by atoms with van der Waals surface area (Å²) in [5.41, 5.74) is 1.73. The molecule has 2 amide bonds. The van der Waals surface area contributed by atoms with Gasteiger partial charge in [-0.15, -0.1) is 0 Å². The number of methoxy groups -OCH3 is 1. The van der Waals surface area contributed by atoms with E-state index in [2.05, 4.69) is 0 Å². The predicted molar refractivity (Wildman–Crippen MR) is 171 cm³/mol. The lowest BCUT2D eigenvalue weighted by molar-refractivity contribution is -0.138. The van der Waals surface area contributed by atoms with Gasteiger partial charge in [0.1, 0.15) is 0 Å². The molecule has 0 spiro atoms. The molecule has 0 saturated heterocycles. The molecule has 2 N–H and O–H groups in total. The molecular formula is C36H35N3O6. The van der Waals surface area contributed by atoms with Gasteiger partial charge >= 0.3 is 0 Å². The first-order valence-corrected chi connectivity index (χ1v) is 14.9. The van der Waals surface area contributed by atoms with E-state index in [1.807, 2.05) is 42.5 Å². The quantitative estimate of drug-likeness (QED) is 0.291. The number of nitrogens with zero attached hydrogens (tertiary/aromatic N) is 3. The van der Waals surface area contributed by atoms with Gasteiger partial charge in [0.15, 0.2) is 11.4 Å². The van der Waals surface area contributed by atoms with Crippen molar-refractivity contribution in [3.8, 4) is 11.4 Å². The van der Waals surface area contributed by atoms with Crippen LogP contribution in [0.4, 0.5) is 11.4 Å². The zero-order valence-electron chi connectivity index (χ0n) is 25.2. The maximum atomic E-state index is 14.1. The Balaban J connectivity index is 1.32. The molecule has 4 aromatic rings. The molecule has 6 rings (SSSR count). The molecule has 0 radical (unpaired) electrons. The van der Waals surface area contributed by atoms with Crippen molar-refractivity contribution in [2.45, 2.75) is 38.0 Å². The lowest BCUT2D eigenvalue weighted by atomic mass is 9.82. The molecule has 2 aliphatic rings. The number of aromatic nitrogens is 1. The summed E-state index contributed by atoms with van der Waals surface area (Å²) in [6.07, 6.45) is 5.59. The molecule has 9 heteroatoms. The average molecular weight is 606 g/mol. The Labute approximate surface area is 261 Å². The van der Waals surface area contributed by atoms with Crippen LogP contribution >= 0.6 is 0 Å². The molecule has 3 aromatic carbocycles. The van der Waals surface area contributed by atoms with Crippen molar-refractivity contribution in [3.63, 3.8) is 0 Å². The van der Waals surface area contributed by atoms with Crippen LogP contribution in [-0.2, 0) is 28.2 Å². The highest BCUT2D eigenvalue weighted by atomic mass is 16.5. The van der Waals surface area contributed by atoms with Crippen molar-refractivity contribution in [3.05, 3.63) is 130 Å². The van der Waals surface area contributed by atoms with Crippen LogP contribution in [0.3, 0.4) is 0 Å². The minimum atomic E-state index is -1.99. The summed E-state index contributed by atoms with van der Waals surface area (Å²) in [5, 5.41) is 22.3. The number of pyridine rings is 1. The number of hydrogen-bond acceptors (Lipinski definition) is 6. The minimum absolute atomic E-state index is 0.0434. The number of aliphatic hydroxyl groups excluding tert-OH is 1. The summed E-state index contributed by atoms with van der Waals surface area (Å²) in [4.78, 5) is 43.7. The standard InChI is InChI=1S/C36H35N3O6/c1-24(10-8-16-33(41)38-22-26-12-7-6-11-25(26)20-29(38)23-40)36(44)30-21-28(37-19-9-15-32(45-2)34(37)42)17-18-31(30)39(35(36)43)27-13-4-3-5-14-27/h3-15,17-19,21,24,29,40,44H,16,20,22-23H2,1-2H3/b10-8+/t24-,29+,36+/m1/s1. The highest BCUT2D eigenvalue weighted by molar-refractivity contribution is 6.12. The molecule has 9 nitrogen and oxygen atoms in total. The topological polar surface area (TPSA) is 112 Å². The molecule has 0 bridgehead atoms. The van der Waals surface area contributed by atoms with E-state index in [1.54, 1.807) is 72.6 Å². The first-order chi connectivity index (χ1) is 21.8. The Kier molecular flexibility index (Phi) is 8.14. The molecule has 230 valence electrons. The number of aliphatic hydroxyl groups is 2. The van der Waals surface area contributed by atoms with Crippen molar-refractivity contribution in [2.75, 3.05) is 18.6 Å². The maximum Gasteiger partial charge on any atom is 0.297 e. The Hall–Kier alpha value is -4.99. The number of amides is 2. The summed E-state index contributed by atoms with van der Waals surface area (Å²) in [6.45, 7) is 2.01. The highest BCUT2D eigenvalue weighted by Crippen LogP contribution is 2.48. The second kappa shape index (κ2) is 12.2. The van der Waals surface area contributed by atoms with Crippen LogP contribution in [0.1, 0.15) is 30.0 Å². The first-order valence-electron chi connectivity index (χ1n) is 14.9. The Morgan fingerprint density at radius 2 is 1.73 bits per heavy atom. The second-order valence-corrected chi connectivity index (χ2v) is 11.4. The summed E-state index contributed by atoms with van der Waals surface area (Å²) in [6, 6.07) is 25.0. The van der Waals surface area contributed by atoms with Gasteiger partial charge in [0.05, 0.1) is 25.4 Å². The van der Waals surface area contributed by atoms with E-state index in [1.165, 1.54) is 16.6 Å². The van der Waals surface area contributed by atoms with Gasteiger partial charge in [-0.05, 0) is 60.0 Å². The molecule has 1 aromatic heterocycles. The van der Waals surface area contributed by atoms with Crippen LogP contribution in [-0.4, -0.2) is 51.3 Å². The van der Waals surface area contributed by atoms with E-state index in [0.29, 0.717) is 35.6 Å². The number of rotatable bonds is 8. The summed E-state index contributed by atoms with van der Waals surface area (Å²) in [5.74, 6) is -1.26.